The minimum Gasteiger partial charge on any atom is -0.480 e. The Bertz CT molecular complexity index is 1120. The molecule has 0 aromatic heterocycles. The summed E-state index contributed by atoms with van der Waals surface area (Å²) in [4.78, 5) is 53.3. The van der Waals surface area contributed by atoms with Crippen molar-refractivity contribution in [3.05, 3.63) is 71.8 Å². The Labute approximate surface area is 229 Å². The van der Waals surface area contributed by atoms with E-state index in [4.69, 9.17) is 0 Å². The van der Waals surface area contributed by atoms with E-state index in [2.05, 4.69) is 16.0 Å². The van der Waals surface area contributed by atoms with E-state index in [0.29, 0.717) is 19.4 Å². The van der Waals surface area contributed by atoms with Gasteiger partial charge in [-0.15, -0.1) is 0 Å². The van der Waals surface area contributed by atoms with Gasteiger partial charge in [-0.05, 0) is 56.2 Å². The Hall–Kier alpha value is -3.72. The highest BCUT2D eigenvalue weighted by molar-refractivity contribution is 5.91. The summed E-state index contributed by atoms with van der Waals surface area (Å²) in [6.45, 7) is 1.34. The SMILES string of the molecule is O=C(C[C@H](Cc1ccccc1)NC(=O)[C@@H]1CCCCN1C(=O)[C@@H]1CCCN1)N[C@@H](Cc1ccccc1)C(=O)O. The lowest BCUT2D eigenvalue weighted by Gasteiger charge is -2.37. The maximum Gasteiger partial charge on any atom is 0.326 e. The van der Waals surface area contributed by atoms with Gasteiger partial charge in [0, 0.05) is 25.4 Å². The van der Waals surface area contributed by atoms with Crippen molar-refractivity contribution in [2.75, 3.05) is 13.1 Å². The third-order valence-electron chi connectivity index (χ3n) is 7.47. The van der Waals surface area contributed by atoms with Crippen molar-refractivity contribution in [1.82, 2.24) is 20.9 Å². The lowest BCUT2D eigenvalue weighted by molar-refractivity contribution is -0.144. The Morgan fingerprint density at radius 3 is 2.15 bits per heavy atom. The first-order valence-electron chi connectivity index (χ1n) is 13.8. The van der Waals surface area contributed by atoms with Crippen LogP contribution in [0.15, 0.2) is 60.7 Å². The summed E-state index contributed by atoms with van der Waals surface area (Å²) >= 11 is 0. The highest BCUT2D eigenvalue weighted by Gasteiger charge is 2.37. The molecule has 4 rings (SSSR count). The molecule has 3 amide bonds. The molecule has 4 N–H and O–H groups in total. The first-order valence-corrected chi connectivity index (χ1v) is 13.8. The number of benzene rings is 2. The van der Waals surface area contributed by atoms with Gasteiger partial charge in [0.25, 0.3) is 0 Å². The molecule has 0 radical (unpaired) electrons. The van der Waals surface area contributed by atoms with Crippen LogP contribution >= 0.6 is 0 Å². The van der Waals surface area contributed by atoms with Crippen molar-refractivity contribution in [3.8, 4) is 0 Å². The van der Waals surface area contributed by atoms with Crippen molar-refractivity contribution >= 4 is 23.7 Å². The van der Waals surface area contributed by atoms with Gasteiger partial charge in [0.05, 0.1) is 6.04 Å². The molecule has 2 aromatic rings. The Kier molecular flexibility index (Phi) is 10.1. The zero-order chi connectivity index (χ0) is 27.6. The van der Waals surface area contributed by atoms with Crippen LogP contribution in [0, 0.1) is 0 Å². The van der Waals surface area contributed by atoms with E-state index in [9.17, 15) is 24.3 Å². The number of amides is 3. The van der Waals surface area contributed by atoms with Crippen molar-refractivity contribution < 1.29 is 24.3 Å². The summed E-state index contributed by atoms with van der Waals surface area (Å²) in [5, 5.41) is 18.6. The van der Waals surface area contributed by atoms with Crippen molar-refractivity contribution in [1.29, 1.82) is 0 Å². The van der Waals surface area contributed by atoms with Gasteiger partial charge in [-0.1, -0.05) is 60.7 Å². The molecule has 0 spiro atoms. The minimum absolute atomic E-state index is 0.0325. The quantitative estimate of drug-likeness (QED) is 0.349. The minimum atomic E-state index is -1.12. The summed E-state index contributed by atoms with van der Waals surface area (Å²) in [6, 6.07) is 16.2. The average molecular weight is 535 g/mol. The average Bonchev–Trinajstić information content (AvgIpc) is 3.48. The first kappa shape index (κ1) is 28.3. The molecule has 0 unspecified atom stereocenters. The van der Waals surface area contributed by atoms with Gasteiger partial charge < -0.3 is 26.0 Å². The second kappa shape index (κ2) is 13.9. The van der Waals surface area contributed by atoms with Gasteiger partial charge in [-0.3, -0.25) is 14.4 Å². The van der Waals surface area contributed by atoms with E-state index in [-0.39, 0.29) is 30.7 Å². The summed E-state index contributed by atoms with van der Waals surface area (Å²) in [6.07, 6.45) is 4.48. The number of carboxylic acid groups (broad SMARTS) is 1. The molecule has 2 aromatic carbocycles. The molecule has 9 heteroatoms. The van der Waals surface area contributed by atoms with Gasteiger partial charge in [0.2, 0.25) is 17.7 Å². The van der Waals surface area contributed by atoms with Gasteiger partial charge in [0.15, 0.2) is 0 Å². The first-order chi connectivity index (χ1) is 18.9. The second-order valence-corrected chi connectivity index (χ2v) is 10.4. The number of aliphatic carboxylic acids is 1. The number of piperidine rings is 1. The number of carbonyl (C=O) groups is 4. The van der Waals surface area contributed by atoms with Crippen LogP contribution in [0.4, 0.5) is 0 Å². The molecule has 39 heavy (non-hydrogen) atoms. The molecule has 9 nitrogen and oxygen atoms in total. The van der Waals surface area contributed by atoms with Crippen LogP contribution in [0.2, 0.25) is 0 Å². The maximum atomic E-state index is 13.5. The molecule has 2 aliphatic heterocycles. The number of hydrogen-bond acceptors (Lipinski definition) is 5. The number of nitrogens with one attached hydrogen (secondary N) is 3. The predicted molar refractivity (Wildman–Crippen MR) is 147 cm³/mol. The fourth-order valence-electron chi connectivity index (χ4n) is 5.46. The van der Waals surface area contributed by atoms with E-state index >= 15 is 0 Å². The van der Waals surface area contributed by atoms with Gasteiger partial charge >= 0.3 is 5.97 Å². The third-order valence-corrected chi connectivity index (χ3v) is 7.47. The number of carboxylic acids is 1. The van der Waals surface area contributed by atoms with Crippen molar-refractivity contribution in [2.24, 2.45) is 0 Å². The van der Waals surface area contributed by atoms with Crippen molar-refractivity contribution in [2.45, 2.75) is 75.5 Å². The van der Waals surface area contributed by atoms with Crippen molar-refractivity contribution in [3.63, 3.8) is 0 Å². The fraction of sp³-hybridized carbons (Fsp3) is 0.467. The van der Waals surface area contributed by atoms with Crippen LogP contribution in [0.1, 0.15) is 49.7 Å². The van der Waals surface area contributed by atoms with Gasteiger partial charge in [-0.25, -0.2) is 4.79 Å². The highest BCUT2D eigenvalue weighted by atomic mass is 16.4. The number of hydrogen-bond donors (Lipinski definition) is 4. The van der Waals surface area contributed by atoms with E-state index in [0.717, 1.165) is 43.4 Å². The van der Waals surface area contributed by atoms with Gasteiger partial charge in [-0.2, -0.15) is 0 Å². The normalized spacial score (nSPS) is 20.6. The monoisotopic (exact) mass is 534 g/mol. The Morgan fingerprint density at radius 2 is 1.54 bits per heavy atom. The van der Waals surface area contributed by atoms with Crippen LogP contribution in [0.5, 0.6) is 0 Å². The molecule has 0 bridgehead atoms. The molecule has 0 saturated carbocycles. The van der Waals surface area contributed by atoms with Crippen LogP contribution in [-0.2, 0) is 32.0 Å². The van der Waals surface area contributed by atoms with Crippen LogP contribution in [0.25, 0.3) is 0 Å². The lowest BCUT2D eigenvalue weighted by atomic mass is 9.97. The van der Waals surface area contributed by atoms with Gasteiger partial charge in [0.1, 0.15) is 12.1 Å². The highest BCUT2D eigenvalue weighted by Crippen LogP contribution is 2.21. The predicted octanol–water partition coefficient (Wildman–Crippen LogP) is 2.05. The van der Waals surface area contributed by atoms with Crippen LogP contribution in [-0.4, -0.2) is 71.0 Å². The molecule has 208 valence electrons. The van der Waals surface area contributed by atoms with Crippen LogP contribution < -0.4 is 16.0 Å². The van der Waals surface area contributed by atoms with Crippen LogP contribution in [0.3, 0.4) is 0 Å². The molecule has 2 heterocycles. The number of carbonyl (C=O) groups excluding carboxylic acids is 3. The zero-order valence-corrected chi connectivity index (χ0v) is 22.2. The number of nitrogens with zero attached hydrogens (tertiary/aromatic N) is 1. The molecule has 2 aliphatic rings. The lowest BCUT2D eigenvalue weighted by Crippen LogP contribution is -2.57. The largest absolute Gasteiger partial charge is 0.480 e. The molecule has 2 fully saturated rings. The van der Waals surface area contributed by atoms with E-state index in [1.165, 1.54) is 0 Å². The summed E-state index contributed by atoms with van der Waals surface area (Å²) in [7, 11) is 0. The Balaban J connectivity index is 1.44. The summed E-state index contributed by atoms with van der Waals surface area (Å²) in [5.41, 5.74) is 1.75. The standard InChI is InChI=1S/C30H38N4O5/c35-27(33-25(30(38)39)19-22-12-5-2-6-13-22)20-23(18-21-10-3-1-4-11-21)32-28(36)26-15-7-8-17-34(26)29(37)24-14-9-16-31-24/h1-6,10-13,23-26,31H,7-9,14-20H2,(H,32,36)(H,33,35)(H,38,39)/t23-,24-,25-,26-/m0/s1. The van der Waals surface area contributed by atoms with E-state index < -0.39 is 30.0 Å². The zero-order valence-electron chi connectivity index (χ0n) is 22.2. The number of likely N-dealkylation sites (tertiary alicyclic amines) is 1. The molecule has 0 aliphatic carbocycles. The molecular weight excluding hydrogens is 496 g/mol. The smallest absolute Gasteiger partial charge is 0.326 e. The van der Waals surface area contributed by atoms with E-state index in [1.807, 2.05) is 60.7 Å². The fourth-order valence-corrected chi connectivity index (χ4v) is 5.46. The summed E-state index contributed by atoms with van der Waals surface area (Å²) < 4.78 is 0. The van der Waals surface area contributed by atoms with E-state index in [1.54, 1.807) is 4.90 Å². The summed E-state index contributed by atoms with van der Waals surface area (Å²) in [5.74, 6) is -1.87. The number of rotatable bonds is 11. The molecular formula is C30H38N4O5. The molecule has 4 atom stereocenters. The Morgan fingerprint density at radius 1 is 0.872 bits per heavy atom. The molecule has 2 saturated heterocycles. The third kappa shape index (κ3) is 8.13. The second-order valence-electron chi connectivity index (χ2n) is 10.4. The maximum absolute atomic E-state index is 13.5. The topological polar surface area (TPSA) is 128 Å².